The predicted molar refractivity (Wildman–Crippen MR) is 126 cm³/mol. The number of hydrogen-bond donors (Lipinski definition) is 0. The molecule has 4 heteroatoms. The zero-order valence-corrected chi connectivity index (χ0v) is 18.4. The summed E-state index contributed by atoms with van der Waals surface area (Å²) in [6.45, 7) is 0.430. The van der Waals surface area contributed by atoms with Gasteiger partial charge in [-0.25, -0.2) is 4.79 Å². The average Bonchev–Trinajstić information content (AvgIpc) is 2.81. The molecule has 154 valence electrons. The van der Waals surface area contributed by atoms with Crippen molar-refractivity contribution >= 4 is 21.9 Å². The molecule has 0 radical (unpaired) electrons. The van der Waals surface area contributed by atoms with Gasteiger partial charge in [-0.05, 0) is 71.6 Å². The minimum absolute atomic E-state index is 0.379. The largest absolute Gasteiger partial charge is 0.489 e. The van der Waals surface area contributed by atoms with Crippen molar-refractivity contribution in [3.63, 3.8) is 0 Å². The van der Waals surface area contributed by atoms with E-state index >= 15 is 0 Å². The molecule has 4 rings (SSSR count). The van der Waals surface area contributed by atoms with Gasteiger partial charge in [-0.15, -0.1) is 0 Å². The second-order valence-corrected chi connectivity index (χ2v) is 8.05. The van der Waals surface area contributed by atoms with Gasteiger partial charge in [0.15, 0.2) is 0 Å². The lowest BCUT2D eigenvalue weighted by molar-refractivity contribution is 0.0734. The van der Waals surface area contributed by atoms with Crippen molar-refractivity contribution < 1.29 is 14.3 Å². The minimum atomic E-state index is -0.379. The van der Waals surface area contributed by atoms with Crippen molar-refractivity contribution in [2.75, 3.05) is 0 Å². The third-order valence-electron chi connectivity index (χ3n) is 4.79. The third kappa shape index (κ3) is 6.06. The topological polar surface area (TPSA) is 35.5 Å². The summed E-state index contributed by atoms with van der Waals surface area (Å²) in [4.78, 5) is 12.5. The molecule has 0 aliphatic heterocycles. The van der Waals surface area contributed by atoms with Gasteiger partial charge < -0.3 is 9.47 Å². The van der Waals surface area contributed by atoms with Crippen LogP contribution >= 0.6 is 15.9 Å². The van der Waals surface area contributed by atoms with E-state index in [0.717, 1.165) is 22.2 Å². The molecule has 0 heterocycles. The molecule has 0 bridgehead atoms. The van der Waals surface area contributed by atoms with Crippen LogP contribution in [0.2, 0.25) is 0 Å². The molecule has 0 unspecified atom stereocenters. The van der Waals surface area contributed by atoms with Crippen LogP contribution in [-0.4, -0.2) is 5.97 Å². The van der Waals surface area contributed by atoms with Gasteiger partial charge in [0, 0.05) is 4.47 Å². The maximum atomic E-state index is 12.5. The fraction of sp³-hybridized carbons (Fsp3) is 0.0741. The second kappa shape index (κ2) is 10.1. The first-order valence-electron chi connectivity index (χ1n) is 9.98. The molecule has 4 aromatic carbocycles. The van der Waals surface area contributed by atoms with E-state index in [4.69, 9.17) is 9.47 Å². The Labute approximate surface area is 190 Å². The van der Waals surface area contributed by atoms with Crippen LogP contribution in [0.15, 0.2) is 108 Å². The first kappa shape index (κ1) is 20.9. The number of halogens is 1. The van der Waals surface area contributed by atoms with E-state index < -0.39 is 0 Å². The van der Waals surface area contributed by atoms with E-state index in [1.54, 1.807) is 12.1 Å². The van der Waals surface area contributed by atoms with E-state index in [1.807, 2.05) is 78.9 Å². The Kier molecular flexibility index (Phi) is 6.80. The summed E-state index contributed by atoms with van der Waals surface area (Å²) < 4.78 is 12.3. The van der Waals surface area contributed by atoms with Gasteiger partial charge >= 0.3 is 5.97 Å². The monoisotopic (exact) mass is 472 g/mol. The Balaban J connectivity index is 1.31. The maximum Gasteiger partial charge on any atom is 0.343 e. The molecule has 0 aromatic heterocycles. The standard InChI is InChI=1S/C27H21BrO3/c28-24-12-16-25(17-13-24)30-19-22-6-10-23(11-7-22)27(29)31-26-14-8-21(9-15-26)18-20-4-2-1-3-5-20/h1-17H,18-19H2. The number of carbonyl (C=O) groups is 1. The van der Waals surface area contributed by atoms with Crippen molar-refractivity contribution in [3.8, 4) is 11.5 Å². The molecule has 0 spiro atoms. The molecule has 31 heavy (non-hydrogen) atoms. The Morgan fingerprint density at radius 2 is 1.23 bits per heavy atom. The smallest absolute Gasteiger partial charge is 0.343 e. The number of benzene rings is 4. The Bertz CT molecular complexity index is 1120. The summed E-state index contributed by atoms with van der Waals surface area (Å²) in [6, 6.07) is 32.8. The van der Waals surface area contributed by atoms with Gasteiger partial charge in [0.25, 0.3) is 0 Å². The quantitative estimate of drug-likeness (QED) is 0.218. The van der Waals surface area contributed by atoms with Gasteiger partial charge in [0.1, 0.15) is 18.1 Å². The van der Waals surface area contributed by atoms with Gasteiger partial charge in [-0.3, -0.25) is 0 Å². The lowest BCUT2D eigenvalue weighted by atomic mass is 10.1. The van der Waals surface area contributed by atoms with Crippen molar-refractivity contribution in [2.45, 2.75) is 13.0 Å². The van der Waals surface area contributed by atoms with Crippen LogP contribution in [0.3, 0.4) is 0 Å². The van der Waals surface area contributed by atoms with Crippen molar-refractivity contribution in [1.82, 2.24) is 0 Å². The molecular weight excluding hydrogens is 452 g/mol. The van der Waals surface area contributed by atoms with Crippen LogP contribution in [-0.2, 0) is 13.0 Å². The lowest BCUT2D eigenvalue weighted by Crippen LogP contribution is -2.08. The van der Waals surface area contributed by atoms with Gasteiger partial charge in [-0.1, -0.05) is 70.5 Å². The van der Waals surface area contributed by atoms with E-state index in [9.17, 15) is 4.79 Å². The summed E-state index contributed by atoms with van der Waals surface area (Å²) >= 11 is 3.40. The second-order valence-electron chi connectivity index (χ2n) is 7.14. The maximum absolute atomic E-state index is 12.5. The Morgan fingerprint density at radius 1 is 0.645 bits per heavy atom. The Morgan fingerprint density at radius 3 is 1.90 bits per heavy atom. The summed E-state index contributed by atoms with van der Waals surface area (Å²) in [5.41, 5.74) is 3.89. The molecule has 0 aliphatic rings. The number of carbonyl (C=O) groups excluding carboxylic acids is 1. The highest BCUT2D eigenvalue weighted by molar-refractivity contribution is 9.10. The molecular formula is C27H21BrO3. The highest BCUT2D eigenvalue weighted by Gasteiger charge is 2.09. The number of esters is 1. The van der Waals surface area contributed by atoms with E-state index in [-0.39, 0.29) is 5.97 Å². The Hall–Kier alpha value is -3.37. The van der Waals surface area contributed by atoms with E-state index in [0.29, 0.717) is 17.9 Å². The summed E-state index contributed by atoms with van der Waals surface area (Å²) in [6.07, 6.45) is 0.846. The molecule has 0 aliphatic carbocycles. The van der Waals surface area contributed by atoms with Crippen LogP contribution in [0.4, 0.5) is 0 Å². The van der Waals surface area contributed by atoms with Crippen molar-refractivity contribution in [3.05, 3.63) is 130 Å². The summed E-state index contributed by atoms with van der Waals surface area (Å²) in [7, 11) is 0. The van der Waals surface area contributed by atoms with Gasteiger partial charge in [0.05, 0.1) is 5.56 Å². The van der Waals surface area contributed by atoms with Crippen LogP contribution < -0.4 is 9.47 Å². The van der Waals surface area contributed by atoms with Crippen molar-refractivity contribution in [2.24, 2.45) is 0 Å². The average molecular weight is 473 g/mol. The molecule has 3 nitrogen and oxygen atoms in total. The van der Waals surface area contributed by atoms with Crippen LogP contribution in [0, 0.1) is 0 Å². The molecule has 4 aromatic rings. The molecule has 0 saturated carbocycles. The van der Waals surface area contributed by atoms with E-state index in [2.05, 4.69) is 28.1 Å². The fourth-order valence-electron chi connectivity index (χ4n) is 3.11. The minimum Gasteiger partial charge on any atom is -0.489 e. The van der Waals surface area contributed by atoms with E-state index in [1.165, 1.54) is 11.1 Å². The number of rotatable bonds is 7. The third-order valence-corrected chi connectivity index (χ3v) is 5.32. The van der Waals surface area contributed by atoms with Gasteiger partial charge in [0.2, 0.25) is 0 Å². The number of hydrogen-bond acceptors (Lipinski definition) is 3. The molecule has 0 amide bonds. The molecule has 0 fully saturated rings. The van der Waals surface area contributed by atoms with Crippen molar-refractivity contribution in [1.29, 1.82) is 0 Å². The zero-order valence-electron chi connectivity index (χ0n) is 16.8. The molecule has 0 atom stereocenters. The highest BCUT2D eigenvalue weighted by Crippen LogP contribution is 2.19. The van der Waals surface area contributed by atoms with Crippen LogP contribution in [0.25, 0.3) is 0 Å². The predicted octanol–water partition coefficient (Wildman–Crippen LogP) is 6.84. The number of ether oxygens (including phenoxy) is 2. The highest BCUT2D eigenvalue weighted by atomic mass is 79.9. The summed E-state index contributed by atoms with van der Waals surface area (Å²) in [5.74, 6) is 0.947. The van der Waals surface area contributed by atoms with Crippen LogP contribution in [0.5, 0.6) is 11.5 Å². The zero-order chi connectivity index (χ0) is 21.5. The molecule has 0 N–H and O–H groups in total. The normalized spacial score (nSPS) is 10.5. The first-order chi connectivity index (χ1) is 15.2. The van der Waals surface area contributed by atoms with Crippen LogP contribution in [0.1, 0.15) is 27.0 Å². The SMILES string of the molecule is O=C(Oc1ccc(Cc2ccccc2)cc1)c1ccc(COc2ccc(Br)cc2)cc1. The first-order valence-corrected chi connectivity index (χ1v) is 10.8. The lowest BCUT2D eigenvalue weighted by Gasteiger charge is -2.08. The van der Waals surface area contributed by atoms with Gasteiger partial charge in [-0.2, -0.15) is 0 Å². The fourth-order valence-corrected chi connectivity index (χ4v) is 3.37. The summed E-state index contributed by atoms with van der Waals surface area (Å²) in [5, 5.41) is 0. The molecule has 0 saturated heterocycles.